The largest absolute Gasteiger partial charge is 0.497 e. The Morgan fingerprint density at radius 3 is 2.57 bits per heavy atom. The SMILES string of the molecule is CNC(CS(=O)c1ccc(F)cc1)c1cccc(OC)c1. The number of ether oxygens (including phenoxy) is 1. The van der Waals surface area contributed by atoms with Gasteiger partial charge in [-0.1, -0.05) is 12.1 Å². The molecule has 0 aliphatic heterocycles. The van der Waals surface area contributed by atoms with Crippen molar-refractivity contribution in [2.24, 2.45) is 0 Å². The summed E-state index contributed by atoms with van der Waals surface area (Å²) in [7, 11) is 2.24. The summed E-state index contributed by atoms with van der Waals surface area (Å²) in [6.45, 7) is 0. The average molecular weight is 307 g/mol. The zero-order valence-corrected chi connectivity index (χ0v) is 12.8. The van der Waals surface area contributed by atoms with Crippen molar-refractivity contribution in [1.29, 1.82) is 0 Å². The number of rotatable bonds is 6. The summed E-state index contributed by atoms with van der Waals surface area (Å²) in [5, 5.41) is 3.16. The average Bonchev–Trinajstić information content (AvgIpc) is 2.53. The second kappa shape index (κ2) is 7.33. The molecule has 0 bridgehead atoms. The van der Waals surface area contributed by atoms with E-state index in [1.807, 2.05) is 31.3 Å². The summed E-state index contributed by atoms with van der Waals surface area (Å²) in [5.74, 6) is 0.851. The van der Waals surface area contributed by atoms with Crippen molar-refractivity contribution >= 4 is 10.8 Å². The van der Waals surface area contributed by atoms with Gasteiger partial charge in [-0.2, -0.15) is 0 Å². The van der Waals surface area contributed by atoms with Gasteiger partial charge in [-0.05, 0) is 49.0 Å². The molecule has 0 amide bonds. The molecule has 21 heavy (non-hydrogen) atoms. The molecular weight excluding hydrogens is 289 g/mol. The lowest BCUT2D eigenvalue weighted by molar-refractivity contribution is 0.413. The summed E-state index contributed by atoms with van der Waals surface area (Å²) < 4.78 is 30.5. The molecular formula is C16H18FNO2S. The zero-order chi connectivity index (χ0) is 15.2. The lowest BCUT2D eigenvalue weighted by Gasteiger charge is -2.17. The van der Waals surface area contributed by atoms with Crippen molar-refractivity contribution in [1.82, 2.24) is 5.32 Å². The fraction of sp³-hybridized carbons (Fsp3) is 0.250. The van der Waals surface area contributed by atoms with Crippen LogP contribution < -0.4 is 10.1 Å². The van der Waals surface area contributed by atoms with Crippen molar-refractivity contribution in [2.75, 3.05) is 19.9 Å². The van der Waals surface area contributed by atoms with Gasteiger partial charge < -0.3 is 10.1 Å². The molecule has 2 aromatic carbocycles. The summed E-state index contributed by atoms with van der Waals surface area (Å²) in [6.07, 6.45) is 0. The molecule has 0 saturated carbocycles. The van der Waals surface area contributed by atoms with Gasteiger partial charge in [-0.15, -0.1) is 0 Å². The van der Waals surface area contributed by atoms with Crippen molar-refractivity contribution < 1.29 is 13.3 Å². The number of hydrogen-bond donors (Lipinski definition) is 1. The Balaban J connectivity index is 2.14. The molecule has 0 aliphatic carbocycles. The molecule has 2 aromatic rings. The van der Waals surface area contributed by atoms with Crippen LogP contribution in [0.25, 0.3) is 0 Å². The number of halogens is 1. The lowest BCUT2D eigenvalue weighted by atomic mass is 10.1. The van der Waals surface area contributed by atoms with Gasteiger partial charge >= 0.3 is 0 Å². The Kier molecular flexibility index (Phi) is 5.47. The Morgan fingerprint density at radius 1 is 1.24 bits per heavy atom. The van der Waals surface area contributed by atoms with Crippen LogP contribution in [-0.4, -0.2) is 24.1 Å². The van der Waals surface area contributed by atoms with Crippen LogP contribution in [0.3, 0.4) is 0 Å². The molecule has 2 rings (SSSR count). The van der Waals surface area contributed by atoms with Crippen LogP contribution >= 0.6 is 0 Å². The van der Waals surface area contributed by atoms with E-state index < -0.39 is 10.8 Å². The molecule has 5 heteroatoms. The maximum atomic E-state index is 12.9. The minimum atomic E-state index is -1.20. The molecule has 0 spiro atoms. The highest BCUT2D eigenvalue weighted by atomic mass is 32.2. The Hall–Kier alpha value is -1.72. The normalized spacial score (nSPS) is 13.7. The molecule has 112 valence electrons. The van der Waals surface area contributed by atoms with E-state index in [9.17, 15) is 8.60 Å². The van der Waals surface area contributed by atoms with E-state index in [0.717, 1.165) is 11.3 Å². The van der Waals surface area contributed by atoms with Gasteiger partial charge in [0.2, 0.25) is 0 Å². The van der Waals surface area contributed by atoms with Gasteiger partial charge in [0.15, 0.2) is 0 Å². The van der Waals surface area contributed by atoms with Gasteiger partial charge in [0.25, 0.3) is 0 Å². The molecule has 0 saturated heterocycles. The van der Waals surface area contributed by atoms with Gasteiger partial charge in [-0.25, -0.2) is 4.39 Å². The summed E-state index contributed by atoms with van der Waals surface area (Å²) in [6, 6.07) is 13.4. The molecule has 0 heterocycles. The molecule has 2 unspecified atom stereocenters. The molecule has 3 nitrogen and oxygen atoms in total. The minimum absolute atomic E-state index is 0.0639. The summed E-state index contributed by atoms with van der Waals surface area (Å²) in [5.41, 5.74) is 1.01. The quantitative estimate of drug-likeness (QED) is 0.892. The van der Waals surface area contributed by atoms with Crippen LogP contribution in [0, 0.1) is 5.82 Å². The fourth-order valence-electron chi connectivity index (χ4n) is 2.04. The minimum Gasteiger partial charge on any atom is -0.497 e. The van der Waals surface area contributed by atoms with Gasteiger partial charge in [-0.3, -0.25) is 4.21 Å². The standard InChI is InChI=1S/C16H18FNO2S/c1-18-16(12-4-3-5-14(10-12)20-2)11-21(19)15-8-6-13(17)7-9-15/h3-10,16,18H,11H2,1-2H3. The van der Waals surface area contributed by atoms with Crippen molar-refractivity contribution in [2.45, 2.75) is 10.9 Å². The number of benzene rings is 2. The molecule has 0 radical (unpaired) electrons. The third-order valence-corrected chi connectivity index (χ3v) is 4.67. The monoisotopic (exact) mass is 307 g/mol. The second-order valence-electron chi connectivity index (χ2n) is 4.58. The first kappa shape index (κ1) is 15.7. The van der Waals surface area contributed by atoms with Crippen LogP contribution in [0.4, 0.5) is 4.39 Å². The number of methoxy groups -OCH3 is 1. The van der Waals surface area contributed by atoms with E-state index in [0.29, 0.717) is 10.6 Å². The van der Waals surface area contributed by atoms with E-state index >= 15 is 0 Å². The lowest BCUT2D eigenvalue weighted by Crippen LogP contribution is -2.22. The maximum absolute atomic E-state index is 12.9. The van der Waals surface area contributed by atoms with E-state index in [1.165, 1.54) is 12.1 Å². The highest BCUT2D eigenvalue weighted by Gasteiger charge is 2.15. The predicted molar refractivity (Wildman–Crippen MR) is 82.5 cm³/mol. The molecule has 1 N–H and O–H groups in total. The van der Waals surface area contributed by atoms with Gasteiger partial charge in [0.1, 0.15) is 11.6 Å². The first-order valence-corrected chi connectivity index (χ1v) is 7.91. The van der Waals surface area contributed by atoms with E-state index in [2.05, 4.69) is 5.32 Å². The first-order chi connectivity index (χ1) is 10.1. The summed E-state index contributed by atoms with van der Waals surface area (Å²) >= 11 is 0. The topological polar surface area (TPSA) is 38.3 Å². The van der Waals surface area contributed by atoms with E-state index in [1.54, 1.807) is 19.2 Å². The fourth-order valence-corrected chi connectivity index (χ4v) is 3.33. The highest BCUT2D eigenvalue weighted by Crippen LogP contribution is 2.21. The van der Waals surface area contributed by atoms with Crippen molar-refractivity contribution in [3.8, 4) is 5.75 Å². The van der Waals surface area contributed by atoms with Crippen LogP contribution in [0.15, 0.2) is 53.4 Å². The Labute approximate surface area is 126 Å². The molecule has 0 fully saturated rings. The van der Waals surface area contributed by atoms with Crippen LogP contribution in [0.2, 0.25) is 0 Å². The second-order valence-corrected chi connectivity index (χ2v) is 6.08. The third-order valence-electron chi connectivity index (χ3n) is 3.24. The molecule has 0 aliphatic rings. The molecule has 0 aromatic heterocycles. The van der Waals surface area contributed by atoms with Crippen LogP contribution in [-0.2, 0) is 10.8 Å². The zero-order valence-electron chi connectivity index (χ0n) is 12.0. The Bertz CT molecular complexity index is 616. The van der Waals surface area contributed by atoms with Gasteiger partial charge in [0.05, 0.1) is 17.9 Å². The number of hydrogen-bond acceptors (Lipinski definition) is 3. The predicted octanol–water partition coefficient (Wildman–Crippen LogP) is 2.90. The van der Waals surface area contributed by atoms with E-state index in [4.69, 9.17) is 4.74 Å². The first-order valence-electron chi connectivity index (χ1n) is 6.59. The van der Waals surface area contributed by atoms with E-state index in [-0.39, 0.29) is 11.9 Å². The van der Waals surface area contributed by atoms with Crippen molar-refractivity contribution in [3.05, 3.63) is 59.9 Å². The summed E-state index contributed by atoms with van der Waals surface area (Å²) in [4.78, 5) is 0.625. The van der Waals surface area contributed by atoms with Crippen molar-refractivity contribution in [3.63, 3.8) is 0 Å². The number of nitrogens with one attached hydrogen (secondary N) is 1. The maximum Gasteiger partial charge on any atom is 0.123 e. The molecule has 2 atom stereocenters. The van der Waals surface area contributed by atoms with Crippen LogP contribution in [0.5, 0.6) is 5.75 Å². The smallest absolute Gasteiger partial charge is 0.123 e. The Morgan fingerprint density at radius 2 is 1.95 bits per heavy atom. The van der Waals surface area contributed by atoms with Crippen LogP contribution in [0.1, 0.15) is 11.6 Å². The third kappa shape index (κ3) is 4.12. The van der Waals surface area contributed by atoms with Gasteiger partial charge in [0, 0.05) is 16.7 Å². The highest BCUT2D eigenvalue weighted by molar-refractivity contribution is 7.85.